The van der Waals surface area contributed by atoms with Crippen molar-refractivity contribution in [3.63, 3.8) is 0 Å². The Kier molecular flexibility index (Phi) is 5.94. The van der Waals surface area contributed by atoms with Crippen molar-refractivity contribution in [3.8, 4) is 0 Å². The number of ether oxygens (including phenoxy) is 2. The third-order valence-corrected chi connectivity index (χ3v) is 4.45. The van der Waals surface area contributed by atoms with Gasteiger partial charge in [-0.05, 0) is 12.0 Å². The highest BCUT2D eigenvalue weighted by atomic mass is 19.3. The molecule has 0 spiro atoms. The number of hydrogen-bond donors (Lipinski definition) is 4. The number of nitrogen functional groups attached to an aromatic ring is 1. The standard InChI is InChI=1S/C15H23F2N5O4/c1-3-7(2)10(19)12(20)25-6-8-11(23)15(16,17)13(26-8)22-5-4-9(18)21-14(22)24/h4-5,7-8,10-11,13,20,23H,3,6,19H2,1-2H3,(H2,18,21,24)/t7?,8?,10-,11+,13+/m0/s1. The van der Waals surface area contributed by atoms with Crippen LogP contribution in [0.25, 0.3) is 0 Å². The summed E-state index contributed by atoms with van der Waals surface area (Å²) in [6.45, 7) is 3.22. The molecule has 0 aliphatic carbocycles. The predicted molar refractivity (Wildman–Crippen MR) is 88.9 cm³/mol. The molecule has 2 rings (SSSR count). The molecule has 6 N–H and O–H groups in total. The fourth-order valence-electron chi connectivity index (χ4n) is 2.49. The number of hydrogen-bond acceptors (Lipinski definition) is 8. The molecule has 0 radical (unpaired) electrons. The molecule has 11 heteroatoms. The van der Waals surface area contributed by atoms with Crippen LogP contribution in [0.1, 0.15) is 26.5 Å². The normalized spacial score (nSPS) is 27.1. The summed E-state index contributed by atoms with van der Waals surface area (Å²) in [4.78, 5) is 15.2. The summed E-state index contributed by atoms with van der Waals surface area (Å²) in [7, 11) is 0. The van der Waals surface area contributed by atoms with E-state index in [-0.39, 0.29) is 17.6 Å². The van der Waals surface area contributed by atoms with Gasteiger partial charge in [-0.25, -0.2) is 4.79 Å². The molecule has 0 bridgehead atoms. The van der Waals surface area contributed by atoms with Crippen molar-refractivity contribution in [2.24, 2.45) is 11.7 Å². The zero-order valence-corrected chi connectivity index (χ0v) is 14.4. The van der Waals surface area contributed by atoms with Crippen molar-refractivity contribution in [1.82, 2.24) is 9.55 Å². The highest BCUT2D eigenvalue weighted by Gasteiger charge is 2.60. The molecule has 146 valence electrons. The Morgan fingerprint density at radius 1 is 1.62 bits per heavy atom. The predicted octanol–water partition coefficient (Wildman–Crippen LogP) is 0.0864. The number of rotatable bonds is 6. The van der Waals surface area contributed by atoms with E-state index in [1.807, 2.05) is 13.8 Å². The zero-order valence-electron chi connectivity index (χ0n) is 14.4. The second kappa shape index (κ2) is 7.64. The number of nitrogens with two attached hydrogens (primary N) is 2. The molecule has 9 nitrogen and oxygen atoms in total. The summed E-state index contributed by atoms with van der Waals surface area (Å²) in [6, 6.07) is 0.469. The van der Waals surface area contributed by atoms with E-state index in [0.29, 0.717) is 11.0 Å². The second-order valence-corrected chi connectivity index (χ2v) is 6.28. The molecule has 1 aromatic heterocycles. The van der Waals surface area contributed by atoms with Crippen LogP contribution in [0, 0.1) is 11.3 Å². The van der Waals surface area contributed by atoms with Gasteiger partial charge < -0.3 is 26.0 Å². The molecule has 0 amide bonds. The van der Waals surface area contributed by atoms with Gasteiger partial charge in [0.25, 0.3) is 0 Å². The van der Waals surface area contributed by atoms with Gasteiger partial charge in [0.05, 0.1) is 6.04 Å². The lowest BCUT2D eigenvalue weighted by Crippen LogP contribution is -2.43. The number of halogens is 2. The quantitative estimate of drug-likeness (QED) is 0.406. The number of aliphatic hydroxyl groups is 1. The molecule has 1 aliphatic heterocycles. The van der Waals surface area contributed by atoms with E-state index in [0.717, 1.165) is 12.3 Å². The van der Waals surface area contributed by atoms with E-state index in [1.54, 1.807) is 0 Å². The summed E-state index contributed by atoms with van der Waals surface area (Å²) in [5, 5.41) is 17.7. The highest BCUT2D eigenvalue weighted by Crippen LogP contribution is 2.42. The largest absolute Gasteiger partial charge is 0.477 e. The van der Waals surface area contributed by atoms with Gasteiger partial charge in [-0.15, -0.1) is 0 Å². The maximum absolute atomic E-state index is 14.4. The minimum atomic E-state index is -3.77. The molecular weight excluding hydrogens is 352 g/mol. The lowest BCUT2D eigenvalue weighted by Gasteiger charge is -2.21. The number of nitrogens with one attached hydrogen (secondary N) is 1. The first-order valence-electron chi connectivity index (χ1n) is 8.12. The van der Waals surface area contributed by atoms with E-state index in [2.05, 4.69) is 4.98 Å². The monoisotopic (exact) mass is 375 g/mol. The SMILES string of the molecule is CCC(C)[C@H](N)C(=N)OCC1O[C@@H](n2ccc(N)nc2=O)C(F)(F)[C@@H]1O. The van der Waals surface area contributed by atoms with Gasteiger partial charge in [0.2, 0.25) is 6.23 Å². The van der Waals surface area contributed by atoms with Crippen molar-refractivity contribution in [2.45, 2.75) is 50.7 Å². The average molecular weight is 375 g/mol. The minimum Gasteiger partial charge on any atom is -0.477 e. The number of nitrogens with zero attached hydrogens (tertiary/aromatic N) is 2. The van der Waals surface area contributed by atoms with Gasteiger partial charge in [-0.3, -0.25) is 9.98 Å². The lowest BCUT2D eigenvalue weighted by molar-refractivity contribution is -0.140. The van der Waals surface area contributed by atoms with Gasteiger partial charge in [0.15, 0.2) is 12.0 Å². The zero-order chi connectivity index (χ0) is 19.6. The summed E-state index contributed by atoms with van der Waals surface area (Å²) < 4.78 is 39.5. The number of anilines is 1. The van der Waals surface area contributed by atoms with Crippen LogP contribution in [-0.2, 0) is 9.47 Å². The Hall–Kier alpha value is -2.11. The summed E-state index contributed by atoms with van der Waals surface area (Å²) in [5.74, 6) is -4.21. The van der Waals surface area contributed by atoms with Gasteiger partial charge >= 0.3 is 11.6 Å². The van der Waals surface area contributed by atoms with Crippen LogP contribution in [-0.4, -0.2) is 51.3 Å². The maximum atomic E-state index is 14.4. The van der Waals surface area contributed by atoms with Crippen LogP contribution in [0.3, 0.4) is 0 Å². The number of alkyl halides is 2. The fourth-order valence-corrected chi connectivity index (χ4v) is 2.49. The Labute approximate surface area is 148 Å². The average Bonchev–Trinajstić information content (AvgIpc) is 2.81. The lowest BCUT2D eigenvalue weighted by atomic mass is 10.0. The minimum absolute atomic E-state index is 0.0365. The van der Waals surface area contributed by atoms with E-state index in [9.17, 15) is 18.7 Å². The molecule has 1 fully saturated rings. The molecule has 2 heterocycles. The van der Waals surface area contributed by atoms with Crippen LogP contribution in [0.2, 0.25) is 0 Å². The summed E-state index contributed by atoms with van der Waals surface area (Å²) in [5.41, 5.74) is 10.1. The molecule has 1 saturated heterocycles. The third kappa shape index (κ3) is 3.84. The van der Waals surface area contributed by atoms with Gasteiger partial charge in [0, 0.05) is 6.20 Å². The molecule has 1 aromatic rings. The van der Waals surface area contributed by atoms with Crippen LogP contribution in [0.4, 0.5) is 14.6 Å². The Balaban J connectivity index is 2.11. The van der Waals surface area contributed by atoms with Crippen molar-refractivity contribution < 1.29 is 23.4 Å². The first kappa shape index (κ1) is 20.2. The van der Waals surface area contributed by atoms with E-state index in [1.165, 1.54) is 0 Å². The molecule has 26 heavy (non-hydrogen) atoms. The van der Waals surface area contributed by atoms with E-state index in [4.69, 9.17) is 26.4 Å². The summed E-state index contributed by atoms with van der Waals surface area (Å²) >= 11 is 0. The van der Waals surface area contributed by atoms with Crippen molar-refractivity contribution >= 4 is 11.7 Å². The third-order valence-electron chi connectivity index (χ3n) is 4.45. The van der Waals surface area contributed by atoms with E-state index < -0.39 is 42.7 Å². The first-order valence-corrected chi connectivity index (χ1v) is 8.12. The van der Waals surface area contributed by atoms with Crippen molar-refractivity contribution in [2.75, 3.05) is 12.3 Å². The molecule has 1 aliphatic rings. The van der Waals surface area contributed by atoms with Crippen LogP contribution in [0.5, 0.6) is 0 Å². The number of aliphatic hydroxyl groups excluding tert-OH is 1. The van der Waals surface area contributed by atoms with Crippen LogP contribution in [0.15, 0.2) is 17.1 Å². The molecular formula is C15H23F2N5O4. The maximum Gasteiger partial charge on any atom is 0.351 e. The molecule has 0 saturated carbocycles. The Morgan fingerprint density at radius 2 is 2.27 bits per heavy atom. The van der Waals surface area contributed by atoms with Crippen molar-refractivity contribution in [3.05, 3.63) is 22.7 Å². The second-order valence-electron chi connectivity index (χ2n) is 6.28. The highest BCUT2D eigenvalue weighted by molar-refractivity contribution is 5.78. The van der Waals surface area contributed by atoms with Gasteiger partial charge in [-0.2, -0.15) is 13.8 Å². The Bertz CT molecular complexity index is 714. The molecule has 0 aromatic carbocycles. The Morgan fingerprint density at radius 3 is 2.85 bits per heavy atom. The molecule has 5 atom stereocenters. The van der Waals surface area contributed by atoms with Crippen LogP contribution >= 0.6 is 0 Å². The fraction of sp³-hybridized carbons (Fsp3) is 0.667. The van der Waals surface area contributed by atoms with Crippen LogP contribution < -0.4 is 17.2 Å². The number of aromatic nitrogens is 2. The smallest absolute Gasteiger partial charge is 0.351 e. The van der Waals surface area contributed by atoms with Crippen molar-refractivity contribution in [1.29, 1.82) is 5.41 Å². The van der Waals surface area contributed by atoms with Gasteiger partial charge in [0.1, 0.15) is 18.5 Å². The van der Waals surface area contributed by atoms with Gasteiger partial charge in [-0.1, -0.05) is 20.3 Å². The summed E-state index contributed by atoms with van der Waals surface area (Å²) in [6.07, 6.45) is -4.03. The first-order chi connectivity index (χ1) is 12.1. The molecule has 2 unspecified atom stereocenters. The van der Waals surface area contributed by atoms with E-state index >= 15 is 0 Å². The topological polar surface area (TPSA) is 149 Å².